The first-order chi connectivity index (χ1) is 31.0. The molecular formula is C54H102NO8P. The van der Waals surface area contributed by atoms with Crippen molar-refractivity contribution < 1.29 is 42.1 Å². The van der Waals surface area contributed by atoms with Gasteiger partial charge in [0.25, 0.3) is 7.82 Å². The van der Waals surface area contributed by atoms with Gasteiger partial charge in [-0.15, -0.1) is 0 Å². The predicted octanol–water partition coefficient (Wildman–Crippen LogP) is 15.4. The number of phosphoric acid groups is 1. The number of carbonyl (C=O) groups excluding carboxylic acids is 2. The number of allylic oxidation sites excluding steroid dienone is 6. The second-order valence-electron chi connectivity index (χ2n) is 19.2. The minimum absolute atomic E-state index is 0.0413. The van der Waals surface area contributed by atoms with Crippen molar-refractivity contribution in [2.45, 2.75) is 251 Å². The highest BCUT2D eigenvalue weighted by Crippen LogP contribution is 2.38. The first-order valence-electron chi connectivity index (χ1n) is 26.7. The second-order valence-corrected chi connectivity index (χ2v) is 20.6. The predicted molar refractivity (Wildman–Crippen MR) is 268 cm³/mol. The van der Waals surface area contributed by atoms with Crippen LogP contribution in [-0.2, 0) is 32.7 Å². The average Bonchev–Trinajstić information content (AvgIpc) is 3.25. The molecule has 0 aliphatic carbocycles. The summed E-state index contributed by atoms with van der Waals surface area (Å²) in [7, 11) is 1.13. The molecule has 0 aromatic carbocycles. The van der Waals surface area contributed by atoms with E-state index >= 15 is 0 Å². The van der Waals surface area contributed by atoms with Crippen molar-refractivity contribution in [3.8, 4) is 0 Å². The van der Waals surface area contributed by atoms with Crippen molar-refractivity contribution in [3.63, 3.8) is 0 Å². The zero-order valence-corrected chi connectivity index (χ0v) is 43.4. The van der Waals surface area contributed by atoms with Crippen LogP contribution in [0.5, 0.6) is 0 Å². The molecular weight excluding hydrogens is 822 g/mol. The Bertz CT molecular complexity index is 1180. The Hall–Kier alpha value is -1.77. The summed E-state index contributed by atoms with van der Waals surface area (Å²) in [6.45, 7) is 4.19. The normalized spacial score (nSPS) is 13.7. The van der Waals surface area contributed by atoms with E-state index in [9.17, 15) is 19.0 Å². The molecule has 0 saturated carbocycles. The van der Waals surface area contributed by atoms with Gasteiger partial charge in [0, 0.05) is 12.8 Å². The van der Waals surface area contributed by atoms with Gasteiger partial charge in [0.15, 0.2) is 6.10 Å². The van der Waals surface area contributed by atoms with Crippen LogP contribution in [0.25, 0.3) is 0 Å². The highest BCUT2D eigenvalue weighted by atomic mass is 31.2. The minimum Gasteiger partial charge on any atom is -0.756 e. The monoisotopic (exact) mass is 924 g/mol. The van der Waals surface area contributed by atoms with Crippen molar-refractivity contribution in [1.82, 2.24) is 0 Å². The largest absolute Gasteiger partial charge is 0.756 e. The van der Waals surface area contributed by atoms with Crippen molar-refractivity contribution in [1.29, 1.82) is 0 Å². The molecule has 2 atom stereocenters. The second kappa shape index (κ2) is 46.3. The number of nitrogens with zero attached hydrogens (tertiary/aromatic N) is 1. The van der Waals surface area contributed by atoms with E-state index in [1.54, 1.807) is 0 Å². The number of quaternary nitrogens is 1. The average molecular weight is 924 g/mol. The van der Waals surface area contributed by atoms with Gasteiger partial charge in [0.05, 0.1) is 27.7 Å². The van der Waals surface area contributed by atoms with Crippen LogP contribution in [0.15, 0.2) is 36.5 Å². The fourth-order valence-electron chi connectivity index (χ4n) is 7.46. The van der Waals surface area contributed by atoms with Gasteiger partial charge in [-0.05, 0) is 57.8 Å². The Morgan fingerprint density at radius 3 is 1.25 bits per heavy atom. The van der Waals surface area contributed by atoms with Crippen molar-refractivity contribution in [2.75, 3.05) is 47.5 Å². The molecule has 0 aliphatic rings. The molecule has 376 valence electrons. The van der Waals surface area contributed by atoms with Crippen LogP contribution in [0, 0.1) is 0 Å². The number of likely N-dealkylation sites (N-methyl/N-ethyl adjacent to an activating group) is 1. The van der Waals surface area contributed by atoms with Gasteiger partial charge in [-0.3, -0.25) is 14.2 Å². The standard InChI is InChI=1S/C54H102NO8P/c1-6-8-10-12-14-16-18-20-22-24-25-26-27-28-29-31-32-34-36-38-40-42-44-46-53(56)60-50-52(51-62-64(58,59)61-49-48-55(3,4)5)63-54(57)47-45-43-41-39-37-35-33-30-23-21-19-17-15-13-11-9-7-2/h33,35,38-41,52H,6-32,34,36-37,42-51H2,1-5H3/b35-33+,40-38+,41-39+/t52-/m0/s1. The lowest BCUT2D eigenvalue weighted by Crippen LogP contribution is -2.37. The van der Waals surface area contributed by atoms with Crippen LogP contribution in [0.2, 0.25) is 0 Å². The topological polar surface area (TPSA) is 111 Å². The fraction of sp³-hybridized carbons (Fsp3) is 0.852. The lowest BCUT2D eigenvalue weighted by Gasteiger charge is -2.28. The summed E-state index contributed by atoms with van der Waals surface area (Å²) < 4.78 is 34.0. The van der Waals surface area contributed by atoms with E-state index in [0.717, 1.165) is 32.1 Å². The van der Waals surface area contributed by atoms with Crippen LogP contribution in [0.1, 0.15) is 245 Å². The molecule has 0 fully saturated rings. The number of phosphoric ester groups is 1. The van der Waals surface area contributed by atoms with Gasteiger partial charge in [-0.2, -0.15) is 0 Å². The van der Waals surface area contributed by atoms with E-state index in [1.807, 2.05) is 21.1 Å². The van der Waals surface area contributed by atoms with Gasteiger partial charge in [-0.25, -0.2) is 0 Å². The highest BCUT2D eigenvalue weighted by Gasteiger charge is 2.21. The summed E-state index contributed by atoms with van der Waals surface area (Å²) in [6.07, 6.45) is 54.9. The number of unbranched alkanes of at least 4 members (excludes halogenated alkanes) is 29. The molecule has 0 spiro atoms. The van der Waals surface area contributed by atoms with Gasteiger partial charge in [0.1, 0.15) is 19.8 Å². The zero-order valence-electron chi connectivity index (χ0n) is 42.5. The SMILES string of the molecule is CCCCCCCCCCC/C=C/C/C=C/CCCC(=O)O[C@@H](COC(=O)CCC/C=C/CCCCCCCCCCCCCCCCCCCC)COP(=O)([O-])OCC[N+](C)(C)C. The number of esters is 2. The van der Waals surface area contributed by atoms with Gasteiger partial charge >= 0.3 is 11.9 Å². The first-order valence-corrected chi connectivity index (χ1v) is 28.2. The van der Waals surface area contributed by atoms with Gasteiger partial charge < -0.3 is 27.9 Å². The quantitative estimate of drug-likeness (QED) is 0.0195. The van der Waals surface area contributed by atoms with Crippen LogP contribution < -0.4 is 4.89 Å². The molecule has 9 nitrogen and oxygen atoms in total. The Morgan fingerprint density at radius 1 is 0.484 bits per heavy atom. The van der Waals surface area contributed by atoms with E-state index in [1.165, 1.54) is 173 Å². The van der Waals surface area contributed by atoms with E-state index in [2.05, 4.69) is 50.3 Å². The molecule has 10 heteroatoms. The van der Waals surface area contributed by atoms with E-state index in [4.69, 9.17) is 18.5 Å². The molecule has 0 rings (SSSR count). The molecule has 64 heavy (non-hydrogen) atoms. The number of rotatable bonds is 49. The maximum Gasteiger partial charge on any atom is 0.306 e. The summed E-state index contributed by atoms with van der Waals surface area (Å²) in [5.74, 6) is -0.916. The summed E-state index contributed by atoms with van der Waals surface area (Å²) in [6, 6.07) is 0. The smallest absolute Gasteiger partial charge is 0.306 e. The third kappa shape index (κ3) is 49.7. The van der Waals surface area contributed by atoms with Crippen molar-refractivity contribution >= 4 is 19.8 Å². The molecule has 0 saturated heterocycles. The lowest BCUT2D eigenvalue weighted by atomic mass is 10.0. The molecule has 0 aliphatic heterocycles. The summed E-state index contributed by atoms with van der Waals surface area (Å²) in [5, 5.41) is 0. The van der Waals surface area contributed by atoms with Crippen LogP contribution in [-0.4, -0.2) is 70.0 Å². The maximum absolute atomic E-state index is 12.7. The Balaban J connectivity index is 4.26. The van der Waals surface area contributed by atoms with Gasteiger partial charge in [0.2, 0.25) is 0 Å². The first kappa shape index (κ1) is 62.2. The Kier molecular flexibility index (Phi) is 45.1. The molecule has 0 aromatic rings. The van der Waals surface area contributed by atoms with E-state index in [0.29, 0.717) is 23.9 Å². The fourth-order valence-corrected chi connectivity index (χ4v) is 8.19. The third-order valence-corrected chi connectivity index (χ3v) is 12.6. The number of hydrogen-bond donors (Lipinski definition) is 0. The van der Waals surface area contributed by atoms with Crippen LogP contribution in [0.3, 0.4) is 0 Å². The Labute approximate surface area is 395 Å². The van der Waals surface area contributed by atoms with Crippen molar-refractivity contribution in [2.24, 2.45) is 0 Å². The van der Waals surface area contributed by atoms with Gasteiger partial charge in [-0.1, -0.05) is 211 Å². The molecule has 0 amide bonds. The summed E-state index contributed by atoms with van der Waals surface area (Å²) in [4.78, 5) is 37.7. The molecule has 0 N–H and O–H groups in total. The summed E-state index contributed by atoms with van der Waals surface area (Å²) in [5.41, 5.74) is 0. The van der Waals surface area contributed by atoms with Crippen LogP contribution >= 0.6 is 7.82 Å². The molecule has 0 bridgehead atoms. The third-order valence-electron chi connectivity index (χ3n) is 11.6. The molecule has 1 unspecified atom stereocenters. The minimum atomic E-state index is -4.65. The number of carbonyl (C=O) groups is 2. The highest BCUT2D eigenvalue weighted by molar-refractivity contribution is 7.45. The van der Waals surface area contributed by atoms with E-state index in [-0.39, 0.29) is 26.1 Å². The summed E-state index contributed by atoms with van der Waals surface area (Å²) >= 11 is 0. The molecule has 0 heterocycles. The lowest BCUT2D eigenvalue weighted by molar-refractivity contribution is -0.870. The van der Waals surface area contributed by atoms with E-state index < -0.39 is 32.5 Å². The van der Waals surface area contributed by atoms with Crippen molar-refractivity contribution in [3.05, 3.63) is 36.5 Å². The number of hydrogen-bond acceptors (Lipinski definition) is 8. The zero-order chi connectivity index (χ0) is 47.1. The maximum atomic E-state index is 12.7. The van der Waals surface area contributed by atoms with Crippen LogP contribution in [0.4, 0.5) is 0 Å². The number of ether oxygens (including phenoxy) is 2. The molecule has 0 aromatic heterocycles. The molecule has 0 radical (unpaired) electrons. The Morgan fingerprint density at radius 2 is 0.844 bits per heavy atom.